The molecule has 0 aromatic heterocycles. The highest BCUT2D eigenvalue weighted by molar-refractivity contribution is 5.73. The predicted octanol–water partition coefficient (Wildman–Crippen LogP) is 1.21. The summed E-state index contributed by atoms with van der Waals surface area (Å²) in [6.45, 7) is 1.33. The van der Waals surface area contributed by atoms with Crippen molar-refractivity contribution in [3.63, 3.8) is 0 Å². The first kappa shape index (κ1) is 15.6. The molecule has 1 heterocycles. The van der Waals surface area contributed by atoms with E-state index < -0.39 is 12.0 Å². The minimum Gasteiger partial charge on any atom is -0.493 e. The second-order valence-electron chi connectivity index (χ2n) is 5.09. The van der Waals surface area contributed by atoms with Gasteiger partial charge in [-0.25, -0.2) is 0 Å². The molecule has 0 saturated carbocycles. The Morgan fingerprint density at radius 2 is 2.33 bits per heavy atom. The molecule has 116 valence electrons. The number of carboxylic acids is 1. The molecule has 0 amide bonds. The molecular formula is C15H21NO5. The summed E-state index contributed by atoms with van der Waals surface area (Å²) in [6, 6.07) is 4.43. The van der Waals surface area contributed by atoms with Gasteiger partial charge in [0.2, 0.25) is 0 Å². The van der Waals surface area contributed by atoms with Crippen molar-refractivity contribution in [2.75, 3.05) is 20.3 Å². The van der Waals surface area contributed by atoms with Crippen molar-refractivity contribution in [1.29, 1.82) is 0 Å². The van der Waals surface area contributed by atoms with Crippen molar-refractivity contribution in [1.82, 2.24) is 0 Å². The zero-order chi connectivity index (χ0) is 15.2. The molecule has 1 fully saturated rings. The number of ether oxygens (including phenoxy) is 3. The van der Waals surface area contributed by atoms with Gasteiger partial charge in [0.05, 0.1) is 13.7 Å². The maximum absolute atomic E-state index is 10.8. The van der Waals surface area contributed by atoms with E-state index in [1.807, 2.05) is 0 Å². The predicted molar refractivity (Wildman–Crippen MR) is 76.8 cm³/mol. The Balaban J connectivity index is 2.11. The van der Waals surface area contributed by atoms with Gasteiger partial charge in [0.15, 0.2) is 11.5 Å². The molecule has 6 heteroatoms. The molecule has 21 heavy (non-hydrogen) atoms. The molecule has 2 rings (SSSR count). The van der Waals surface area contributed by atoms with Gasteiger partial charge in [-0.3, -0.25) is 4.79 Å². The lowest BCUT2D eigenvalue weighted by atomic mass is 10.1. The van der Waals surface area contributed by atoms with Crippen LogP contribution in [0.3, 0.4) is 0 Å². The Morgan fingerprint density at radius 3 is 2.95 bits per heavy atom. The summed E-state index contributed by atoms with van der Waals surface area (Å²) in [5.74, 6) is 0.199. The maximum atomic E-state index is 10.8. The number of benzene rings is 1. The molecule has 2 atom stereocenters. The molecule has 0 spiro atoms. The highest BCUT2D eigenvalue weighted by Crippen LogP contribution is 2.30. The van der Waals surface area contributed by atoms with Gasteiger partial charge in [0.1, 0.15) is 12.1 Å². The summed E-state index contributed by atoms with van der Waals surface area (Å²) in [5.41, 5.74) is 6.36. The molecule has 0 radical (unpaired) electrons. The van der Waals surface area contributed by atoms with E-state index in [4.69, 9.17) is 25.1 Å². The number of nitrogens with two attached hydrogens (primary N) is 1. The second kappa shape index (κ2) is 7.28. The van der Waals surface area contributed by atoms with Crippen LogP contribution in [-0.2, 0) is 16.0 Å². The van der Waals surface area contributed by atoms with E-state index in [9.17, 15) is 4.79 Å². The number of hydrogen-bond donors (Lipinski definition) is 2. The number of hydrogen-bond acceptors (Lipinski definition) is 5. The molecule has 3 N–H and O–H groups in total. The van der Waals surface area contributed by atoms with E-state index in [1.165, 1.54) is 0 Å². The van der Waals surface area contributed by atoms with Crippen LogP contribution in [0.5, 0.6) is 11.5 Å². The van der Waals surface area contributed by atoms with Crippen molar-refractivity contribution in [3.05, 3.63) is 23.8 Å². The number of aliphatic carboxylic acids is 1. The minimum absolute atomic E-state index is 0.00366. The standard InChI is InChI=1S/C15H21NO5/c1-19-13-5-4-10(7-12(16)15(17)18)8-14(13)21-11-3-2-6-20-9-11/h4-5,8,11-12H,2-3,6-7,9,16H2,1H3,(H,17,18). The first-order chi connectivity index (χ1) is 10.1. The molecule has 0 aliphatic carbocycles. The second-order valence-corrected chi connectivity index (χ2v) is 5.09. The van der Waals surface area contributed by atoms with Crippen molar-refractivity contribution >= 4 is 5.97 Å². The lowest BCUT2D eigenvalue weighted by Gasteiger charge is -2.24. The molecule has 1 aromatic carbocycles. The summed E-state index contributed by atoms with van der Waals surface area (Å²) >= 11 is 0. The molecule has 1 saturated heterocycles. The van der Waals surface area contributed by atoms with Gasteiger partial charge in [0.25, 0.3) is 0 Å². The van der Waals surface area contributed by atoms with Crippen LogP contribution in [0.15, 0.2) is 18.2 Å². The first-order valence-corrected chi connectivity index (χ1v) is 7.00. The van der Waals surface area contributed by atoms with Crippen LogP contribution in [0.1, 0.15) is 18.4 Å². The van der Waals surface area contributed by atoms with Crippen molar-refractivity contribution in [2.24, 2.45) is 5.73 Å². The molecule has 2 unspecified atom stereocenters. The van der Waals surface area contributed by atoms with Gasteiger partial charge in [-0.2, -0.15) is 0 Å². The largest absolute Gasteiger partial charge is 0.493 e. The van der Waals surface area contributed by atoms with E-state index in [-0.39, 0.29) is 12.5 Å². The van der Waals surface area contributed by atoms with Gasteiger partial charge < -0.3 is 25.1 Å². The zero-order valence-electron chi connectivity index (χ0n) is 12.1. The summed E-state index contributed by atoms with van der Waals surface area (Å²) in [7, 11) is 1.57. The van der Waals surface area contributed by atoms with Gasteiger partial charge >= 0.3 is 5.97 Å². The molecule has 6 nitrogen and oxygen atoms in total. The van der Waals surface area contributed by atoms with E-state index in [1.54, 1.807) is 25.3 Å². The lowest BCUT2D eigenvalue weighted by molar-refractivity contribution is -0.138. The normalized spacial score (nSPS) is 19.8. The summed E-state index contributed by atoms with van der Waals surface area (Å²) < 4.78 is 16.6. The lowest BCUT2D eigenvalue weighted by Crippen LogP contribution is -2.32. The van der Waals surface area contributed by atoms with E-state index in [0.29, 0.717) is 18.1 Å². The molecule has 0 bridgehead atoms. The van der Waals surface area contributed by atoms with Gasteiger partial charge in [0, 0.05) is 6.61 Å². The van der Waals surface area contributed by atoms with Crippen LogP contribution < -0.4 is 15.2 Å². The number of carbonyl (C=O) groups is 1. The Bertz CT molecular complexity index is 485. The number of rotatable bonds is 6. The molecule has 1 aliphatic rings. The fourth-order valence-corrected chi connectivity index (χ4v) is 2.27. The van der Waals surface area contributed by atoms with Crippen LogP contribution in [-0.4, -0.2) is 43.5 Å². The summed E-state index contributed by atoms with van der Waals surface area (Å²) in [5, 5.41) is 8.88. The van der Waals surface area contributed by atoms with Crippen LogP contribution >= 0.6 is 0 Å². The Kier molecular flexibility index (Phi) is 5.41. The number of methoxy groups -OCH3 is 1. The third kappa shape index (κ3) is 4.34. The first-order valence-electron chi connectivity index (χ1n) is 7.00. The number of carboxylic acid groups (broad SMARTS) is 1. The average Bonchev–Trinajstić information content (AvgIpc) is 2.48. The van der Waals surface area contributed by atoms with Crippen LogP contribution in [0.2, 0.25) is 0 Å². The minimum atomic E-state index is -1.02. The summed E-state index contributed by atoms with van der Waals surface area (Å²) in [6.07, 6.45) is 2.14. The van der Waals surface area contributed by atoms with Gasteiger partial charge in [-0.15, -0.1) is 0 Å². The third-order valence-electron chi connectivity index (χ3n) is 3.41. The van der Waals surface area contributed by atoms with E-state index >= 15 is 0 Å². The topological polar surface area (TPSA) is 91.0 Å². The van der Waals surface area contributed by atoms with E-state index in [0.717, 1.165) is 25.0 Å². The van der Waals surface area contributed by atoms with Crippen molar-refractivity contribution in [2.45, 2.75) is 31.4 Å². The van der Waals surface area contributed by atoms with E-state index in [2.05, 4.69) is 0 Å². The van der Waals surface area contributed by atoms with Crippen LogP contribution in [0, 0.1) is 0 Å². The highest BCUT2D eigenvalue weighted by atomic mass is 16.5. The van der Waals surface area contributed by atoms with Crippen molar-refractivity contribution in [3.8, 4) is 11.5 Å². The van der Waals surface area contributed by atoms with Crippen LogP contribution in [0.4, 0.5) is 0 Å². The fourth-order valence-electron chi connectivity index (χ4n) is 2.27. The average molecular weight is 295 g/mol. The Labute approximate surface area is 123 Å². The smallest absolute Gasteiger partial charge is 0.320 e. The fraction of sp³-hybridized carbons (Fsp3) is 0.533. The third-order valence-corrected chi connectivity index (χ3v) is 3.41. The quantitative estimate of drug-likeness (QED) is 0.819. The zero-order valence-corrected chi connectivity index (χ0v) is 12.1. The van der Waals surface area contributed by atoms with Gasteiger partial charge in [-0.05, 0) is 37.0 Å². The Hall–Kier alpha value is -1.79. The van der Waals surface area contributed by atoms with Crippen molar-refractivity contribution < 1.29 is 24.1 Å². The molecule has 1 aromatic rings. The summed E-state index contributed by atoms with van der Waals surface area (Å²) in [4.78, 5) is 10.8. The maximum Gasteiger partial charge on any atom is 0.320 e. The molecular weight excluding hydrogens is 274 g/mol. The SMILES string of the molecule is COc1ccc(CC(N)C(=O)O)cc1OC1CCCOC1. The monoisotopic (exact) mass is 295 g/mol. The highest BCUT2D eigenvalue weighted by Gasteiger charge is 2.19. The van der Waals surface area contributed by atoms with Gasteiger partial charge in [-0.1, -0.05) is 6.07 Å². The Morgan fingerprint density at radius 1 is 1.52 bits per heavy atom. The van der Waals surface area contributed by atoms with Crippen LogP contribution in [0.25, 0.3) is 0 Å². The molecule has 1 aliphatic heterocycles.